The molecule has 0 unspecified atom stereocenters. The summed E-state index contributed by atoms with van der Waals surface area (Å²) in [5.74, 6) is 2.07. The summed E-state index contributed by atoms with van der Waals surface area (Å²) in [4.78, 5) is 0. The molecule has 0 bridgehead atoms. The van der Waals surface area contributed by atoms with E-state index in [1.807, 2.05) is 36.4 Å². The highest BCUT2D eigenvalue weighted by Crippen LogP contribution is 2.31. The van der Waals surface area contributed by atoms with Gasteiger partial charge in [-0.15, -0.1) is 0 Å². The average molecular weight is 402 g/mol. The van der Waals surface area contributed by atoms with Crippen molar-refractivity contribution in [3.63, 3.8) is 0 Å². The zero-order valence-electron chi connectivity index (χ0n) is 17.4. The lowest BCUT2D eigenvalue weighted by molar-refractivity contribution is 0.110. The highest BCUT2D eigenvalue weighted by Gasteiger charge is 2.15. The molecule has 0 saturated carbocycles. The van der Waals surface area contributed by atoms with Crippen LogP contribution in [0.4, 0.5) is 0 Å². The molecule has 1 aliphatic rings. The number of nitrogens with one attached hydrogen (secondary N) is 1. The van der Waals surface area contributed by atoms with Crippen molar-refractivity contribution >= 4 is 0 Å². The van der Waals surface area contributed by atoms with Crippen LogP contribution in [0.2, 0.25) is 0 Å². The second kappa shape index (κ2) is 10.5. The van der Waals surface area contributed by atoms with E-state index in [4.69, 9.17) is 18.9 Å². The van der Waals surface area contributed by atoms with Crippen molar-refractivity contribution < 1.29 is 24.1 Å². The number of methoxy groups -OCH3 is 2. The Morgan fingerprint density at radius 2 is 1.93 bits per heavy atom. The molecule has 0 aliphatic carbocycles. The average Bonchev–Trinajstić information content (AvgIpc) is 3.26. The lowest BCUT2D eigenvalue weighted by Gasteiger charge is -2.16. The molecule has 0 aromatic heterocycles. The highest BCUT2D eigenvalue weighted by molar-refractivity contribution is 5.44. The van der Waals surface area contributed by atoms with Crippen molar-refractivity contribution in [1.29, 1.82) is 0 Å². The van der Waals surface area contributed by atoms with Gasteiger partial charge >= 0.3 is 0 Å². The molecule has 1 saturated heterocycles. The summed E-state index contributed by atoms with van der Waals surface area (Å²) in [6.45, 7) is 4.57. The number of hydrogen-bond donors (Lipinski definition) is 2. The molecule has 1 fully saturated rings. The van der Waals surface area contributed by atoms with E-state index >= 15 is 0 Å². The summed E-state index contributed by atoms with van der Waals surface area (Å²) >= 11 is 0. The van der Waals surface area contributed by atoms with Crippen molar-refractivity contribution in [2.75, 3.05) is 27.4 Å². The van der Waals surface area contributed by atoms with E-state index in [1.54, 1.807) is 21.1 Å². The summed E-state index contributed by atoms with van der Waals surface area (Å²) in [6, 6.07) is 11.6. The largest absolute Gasteiger partial charge is 0.496 e. The minimum absolute atomic E-state index is 0.328. The van der Waals surface area contributed by atoms with E-state index in [2.05, 4.69) is 5.32 Å². The molecule has 2 atom stereocenters. The summed E-state index contributed by atoms with van der Waals surface area (Å²) in [5.41, 5.74) is 2.84. The number of hydrogen-bond acceptors (Lipinski definition) is 6. The number of benzene rings is 2. The third-order valence-electron chi connectivity index (χ3n) is 5.13. The molecule has 2 aromatic rings. The molecule has 0 amide bonds. The number of ether oxygens (including phenoxy) is 4. The Bertz CT molecular complexity index is 787. The quantitative estimate of drug-likeness (QED) is 0.634. The second-order valence-electron chi connectivity index (χ2n) is 7.29. The van der Waals surface area contributed by atoms with E-state index < -0.39 is 6.10 Å². The zero-order valence-corrected chi connectivity index (χ0v) is 17.4. The normalized spacial score (nSPS) is 17.2. The predicted molar refractivity (Wildman–Crippen MR) is 112 cm³/mol. The maximum absolute atomic E-state index is 9.74. The van der Waals surface area contributed by atoms with Crippen LogP contribution in [-0.4, -0.2) is 38.6 Å². The van der Waals surface area contributed by atoms with Gasteiger partial charge in [0, 0.05) is 25.3 Å². The van der Waals surface area contributed by atoms with Crippen LogP contribution >= 0.6 is 0 Å². The molecule has 2 aromatic carbocycles. The molecule has 0 radical (unpaired) electrons. The third kappa shape index (κ3) is 5.85. The van der Waals surface area contributed by atoms with Crippen LogP contribution in [0.5, 0.6) is 17.2 Å². The van der Waals surface area contributed by atoms with Gasteiger partial charge in [-0.2, -0.15) is 0 Å². The third-order valence-corrected chi connectivity index (χ3v) is 5.13. The van der Waals surface area contributed by atoms with Crippen LogP contribution in [0.3, 0.4) is 0 Å². The van der Waals surface area contributed by atoms with Gasteiger partial charge in [0.15, 0.2) is 11.5 Å². The molecular weight excluding hydrogens is 370 g/mol. The van der Waals surface area contributed by atoms with Crippen molar-refractivity contribution in [2.24, 2.45) is 0 Å². The van der Waals surface area contributed by atoms with E-state index in [9.17, 15) is 5.11 Å². The SMILES string of the molecule is COc1cc([C@H](C)O)ccc1COc1ccc(CNC[C@@H]2CCCO2)cc1OC. The Labute approximate surface area is 172 Å². The van der Waals surface area contributed by atoms with Crippen LogP contribution in [0.25, 0.3) is 0 Å². The molecule has 158 valence electrons. The van der Waals surface area contributed by atoms with Gasteiger partial charge in [-0.3, -0.25) is 0 Å². The lowest BCUT2D eigenvalue weighted by Crippen LogP contribution is -2.25. The first kappa shape index (κ1) is 21.4. The van der Waals surface area contributed by atoms with Gasteiger partial charge in [0.1, 0.15) is 12.4 Å². The predicted octanol–water partition coefficient (Wildman–Crippen LogP) is 3.60. The fraction of sp³-hybridized carbons (Fsp3) is 0.478. The maximum atomic E-state index is 9.74. The first-order chi connectivity index (χ1) is 14.1. The van der Waals surface area contributed by atoms with Crippen molar-refractivity contribution in [3.05, 3.63) is 53.1 Å². The Hall–Kier alpha value is -2.28. The van der Waals surface area contributed by atoms with E-state index in [0.29, 0.717) is 30.0 Å². The molecule has 0 spiro atoms. The molecule has 2 N–H and O–H groups in total. The summed E-state index contributed by atoms with van der Waals surface area (Å²) in [7, 11) is 3.26. The van der Waals surface area contributed by atoms with Crippen LogP contribution in [0.15, 0.2) is 36.4 Å². The summed E-state index contributed by atoms with van der Waals surface area (Å²) in [6.07, 6.45) is 2.07. The van der Waals surface area contributed by atoms with E-state index in [-0.39, 0.29) is 0 Å². The van der Waals surface area contributed by atoms with Gasteiger partial charge < -0.3 is 29.4 Å². The number of rotatable bonds is 10. The Morgan fingerprint density at radius 1 is 1.10 bits per heavy atom. The topological polar surface area (TPSA) is 69.2 Å². The molecule has 3 rings (SSSR count). The van der Waals surface area contributed by atoms with E-state index in [0.717, 1.165) is 49.2 Å². The van der Waals surface area contributed by atoms with Crippen molar-refractivity contribution in [1.82, 2.24) is 5.32 Å². The van der Waals surface area contributed by atoms with Gasteiger partial charge in [-0.05, 0) is 49.1 Å². The smallest absolute Gasteiger partial charge is 0.161 e. The van der Waals surface area contributed by atoms with Gasteiger partial charge in [0.05, 0.1) is 26.4 Å². The summed E-state index contributed by atoms with van der Waals surface area (Å²) < 4.78 is 22.6. The molecule has 1 aliphatic heterocycles. The monoisotopic (exact) mass is 401 g/mol. The minimum Gasteiger partial charge on any atom is -0.496 e. The number of aliphatic hydroxyl groups is 1. The second-order valence-corrected chi connectivity index (χ2v) is 7.29. The molecular formula is C23H31NO5. The first-order valence-electron chi connectivity index (χ1n) is 10.1. The van der Waals surface area contributed by atoms with Gasteiger partial charge in [-0.25, -0.2) is 0 Å². The zero-order chi connectivity index (χ0) is 20.6. The van der Waals surface area contributed by atoms with Crippen LogP contribution < -0.4 is 19.5 Å². The van der Waals surface area contributed by atoms with Crippen LogP contribution in [0, 0.1) is 0 Å². The molecule has 6 heteroatoms. The van der Waals surface area contributed by atoms with Crippen molar-refractivity contribution in [2.45, 2.75) is 45.1 Å². The minimum atomic E-state index is -0.541. The fourth-order valence-corrected chi connectivity index (χ4v) is 3.42. The maximum Gasteiger partial charge on any atom is 0.161 e. The molecule has 29 heavy (non-hydrogen) atoms. The van der Waals surface area contributed by atoms with Crippen LogP contribution in [-0.2, 0) is 17.9 Å². The fourth-order valence-electron chi connectivity index (χ4n) is 3.42. The highest BCUT2D eigenvalue weighted by atomic mass is 16.5. The Morgan fingerprint density at radius 3 is 2.62 bits per heavy atom. The van der Waals surface area contributed by atoms with Crippen molar-refractivity contribution in [3.8, 4) is 17.2 Å². The molecule has 6 nitrogen and oxygen atoms in total. The van der Waals surface area contributed by atoms with Gasteiger partial charge in [-0.1, -0.05) is 18.2 Å². The standard InChI is InChI=1S/C23H31NO5/c1-16(25)18-7-8-19(22(12-18)26-2)15-29-21-9-6-17(11-23(21)27-3)13-24-14-20-5-4-10-28-20/h6-9,11-12,16,20,24-25H,4-5,10,13-15H2,1-3H3/t16-,20-/m0/s1. The lowest BCUT2D eigenvalue weighted by atomic mass is 10.1. The van der Waals surface area contributed by atoms with E-state index in [1.165, 1.54) is 0 Å². The summed E-state index contributed by atoms with van der Waals surface area (Å²) in [5, 5.41) is 13.2. The Balaban J connectivity index is 1.60. The first-order valence-corrected chi connectivity index (χ1v) is 10.1. The van der Waals surface area contributed by atoms with Crippen LogP contribution in [0.1, 0.15) is 42.6 Å². The Kier molecular flexibility index (Phi) is 7.75. The number of aliphatic hydroxyl groups excluding tert-OH is 1. The van der Waals surface area contributed by atoms with Gasteiger partial charge in [0.25, 0.3) is 0 Å². The van der Waals surface area contributed by atoms with Gasteiger partial charge in [0.2, 0.25) is 0 Å². The molecule has 1 heterocycles.